The van der Waals surface area contributed by atoms with Crippen molar-refractivity contribution in [2.24, 2.45) is 0 Å². The third-order valence-electron chi connectivity index (χ3n) is 2.63. The first-order valence-electron chi connectivity index (χ1n) is 6.12. The fourth-order valence-electron chi connectivity index (χ4n) is 1.57. The lowest BCUT2D eigenvalue weighted by Gasteiger charge is -2.14. The molecule has 0 aliphatic heterocycles. The van der Waals surface area contributed by atoms with Crippen molar-refractivity contribution in [3.8, 4) is 0 Å². The molecule has 0 aliphatic carbocycles. The Bertz CT molecular complexity index is 678. The number of halogens is 3. The Balaban J connectivity index is 2.28. The summed E-state index contributed by atoms with van der Waals surface area (Å²) in [6, 6.07) is 5.80. The lowest BCUT2D eigenvalue weighted by Crippen LogP contribution is -2.20. The van der Waals surface area contributed by atoms with Crippen LogP contribution in [-0.4, -0.2) is 21.9 Å². The molecule has 2 aromatic rings. The second kappa shape index (κ2) is 6.25. The Morgan fingerprint density at radius 1 is 1.23 bits per heavy atom. The maximum atomic E-state index is 13.1. The van der Waals surface area contributed by atoms with E-state index in [0.717, 1.165) is 0 Å². The van der Waals surface area contributed by atoms with Gasteiger partial charge in [0.2, 0.25) is 0 Å². The molecule has 0 fully saturated rings. The van der Waals surface area contributed by atoms with Gasteiger partial charge in [-0.15, -0.1) is 0 Å². The molecule has 114 valence electrons. The average Bonchev–Trinajstić information content (AvgIpc) is 2.48. The third-order valence-corrected chi connectivity index (χ3v) is 2.63. The second-order valence-corrected chi connectivity index (χ2v) is 4.31. The van der Waals surface area contributed by atoms with Gasteiger partial charge in [-0.3, -0.25) is 4.98 Å². The van der Waals surface area contributed by atoms with Crippen LogP contribution in [-0.2, 0) is 0 Å². The number of rotatable bonds is 4. The summed E-state index contributed by atoms with van der Waals surface area (Å²) in [5, 5.41) is 9.95. The second-order valence-electron chi connectivity index (χ2n) is 4.31. The van der Waals surface area contributed by atoms with Crippen molar-refractivity contribution in [1.29, 1.82) is 5.41 Å². The van der Waals surface area contributed by atoms with Gasteiger partial charge in [0.05, 0.1) is 17.6 Å². The third kappa shape index (κ3) is 4.05. The zero-order chi connectivity index (χ0) is 16.2. The van der Waals surface area contributed by atoms with E-state index in [0.29, 0.717) is 6.08 Å². The van der Waals surface area contributed by atoms with E-state index >= 15 is 0 Å². The first-order valence-corrected chi connectivity index (χ1v) is 6.12. The highest BCUT2D eigenvalue weighted by Crippen LogP contribution is 2.27. The van der Waals surface area contributed by atoms with Crippen LogP contribution in [0.2, 0.25) is 0 Å². The molecule has 5 nitrogen and oxygen atoms in total. The van der Waals surface area contributed by atoms with Gasteiger partial charge in [0.25, 0.3) is 0 Å². The van der Waals surface area contributed by atoms with Crippen LogP contribution >= 0.6 is 0 Å². The van der Waals surface area contributed by atoms with Crippen LogP contribution in [0.25, 0.3) is 0 Å². The van der Waals surface area contributed by atoms with Crippen molar-refractivity contribution >= 4 is 17.2 Å². The van der Waals surface area contributed by atoms with E-state index in [1.54, 1.807) is 6.07 Å². The van der Waals surface area contributed by atoms with Gasteiger partial charge in [-0.25, -0.2) is 4.98 Å². The topological polar surface area (TPSA) is 87.7 Å². The normalized spacial score (nSPS) is 12.0. The van der Waals surface area contributed by atoms with E-state index in [1.165, 1.54) is 36.8 Å². The van der Waals surface area contributed by atoms with Gasteiger partial charge in [0, 0.05) is 18.0 Å². The lowest BCUT2D eigenvalue weighted by atomic mass is 10.1. The average molecular weight is 307 g/mol. The molecule has 0 aliphatic rings. The number of nitrogens with zero attached hydrogens (tertiary/aromatic N) is 2. The quantitative estimate of drug-likeness (QED) is 0.758. The van der Waals surface area contributed by atoms with Crippen LogP contribution in [0.15, 0.2) is 54.6 Å². The zero-order valence-electron chi connectivity index (χ0n) is 11.2. The molecule has 0 spiro atoms. The molecular weight excluding hydrogens is 295 g/mol. The highest BCUT2D eigenvalue weighted by atomic mass is 19.4. The SMILES string of the molecule is N=C(/C=C(\Nc1ccc(N)nc1)C(F)(F)F)c1cccnc1. The Hall–Kier alpha value is -2.90. The van der Waals surface area contributed by atoms with Gasteiger partial charge < -0.3 is 16.5 Å². The molecule has 0 bridgehead atoms. The molecule has 0 aromatic carbocycles. The van der Waals surface area contributed by atoms with Crippen LogP contribution in [0.5, 0.6) is 0 Å². The standard InChI is InChI=1S/C14H12F3N5/c15-14(16,17)12(22-10-3-4-13(19)21-8-10)6-11(18)9-2-1-5-20-7-9/h1-8,18,22H,(H2,19,21)/b12-6-,18-11?. The largest absolute Gasteiger partial charge is 0.431 e. The Labute approximate surface area is 124 Å². The number of anilines is 2. The van der Waals surface area contributed by atoms with Gasteiger partial charge in [-0.2, -0.15) is 13.2 Å². The zero-order valence-corrected chi connectivity index (χ0v) is 11.2. The van der Waals surface area contributed by atoms with Gasteiger partial charge in [-0.1, -0.05) is 0 Å². The van der Waals surface area contributed by atoms with Crippen LogP contribution in [0.4, 0.5) is 24.7 Å². The van der Waals surface area contributed by atoms with E-state index in [2.05, 4.69) is 15.3 Å². The molecule has 8 heteroatoms. The molecule has 0 amide bonds. The number of aromatic nitrogens is 2. The van der Waals surface area contributed by atoms with Crippen molar-refractivity contribution in [2.45, 2.75) is 6.18 Å². The van der Waals surface area contributed by atoms with E-state index in [4.69, 9.17) is 11.1 Å². The van der Waals surface area contributed by atoms with Gasteiger partial charge in [-0.05, 0) is 30.3 Å². The fraction of sp³-hybridized carbons (Fsp3) is 0.0714. The summed E-state index contributed by atoms with van der Waals surface area (Å²) in [5.41, 5.74) is 4.40. The number of allylic oxidation sites excluding steroid dienone is 2. The van der Waals surface area contributed by atoms with Crippen molar-refractivity contribution < 1.29 is 13.2 Å². The minimum atomic E-state index is -4.64. The van der Waals surface area contributed by atoms with Crippen LogP contribution in [0.3, 0.4) is 0 Å². The number of nitrogen functional groups attached to an aromatic ring is 1. The van der Waals surface area contributed by atoms with Gasteiger partial charge >= 0.3 is 6.18 Å². The van der Waals surface area contributed by atoms with Crippen molar-refractivity contribution in [3.63, 3.8) is 0 Å². The summed E-state index contributed by atoms with van der Waals surface area (Å²) in [4.78, 5) is 7.48. The predicted molar refractivity (Wildman–Crippen MR) is 77.5 cm³/mol. The summed E-state index contributed by atoms with van der Waals surface area (Å²) < 4.78 is 39.2. The molecule has 2 aromatic heterocycles. The molecule has 0 unspecified atom stereocenters. The smallest absolute Gasteiger partial charge is 0.384 e. The molecule has 0 saturated heterocycles. The lowest BCUT2D eigenvalue weighted by molar-refractivity contribution is -0.0901. The summed E-state index contributed by atoms with van der Waals surface area (Å²) in [5.74, 6) is 0.200. The Morgan fingerprint density at radius 3 is 2.55 bits per heavy atom. The molecule has 0 atom stereocenters. The summed E-state index contributed by atoms with van der Waals surface area (Å²) in [6.07, 6.45) is 0.0346. The van der Waals surface area contributed by atoms with E-state index in [-0.39, 0.29) is 22.8 Å². The molecule has 22 heavy (non-hydrogen) atoms. The number of hydrogen-bond acceptors (Lipinski definition) is 5. The predicted octanol–water partition coefficient (Wildman–Crippen LogP) is 2.98. The maximum absolute atomic E-state index is 13.1. The molecule has 2 heterocycles. The van der Waals surface area contributed by atoms with E-state index < -0.39 is 11.9 Å². The molecule has 2 rings (SSSR count). The van der Waals surface area contributed by atoms with Gasteiger partial charge in [0.15, 0.2) is 0 Å². The van der Waals surface area contributed by atoms with Crippen molar-refractivity contribution in [1.82, 2.24) is 9.97 Å². The number of nitrogens with one attached hydrogen (secondary N) is 2. The first-order chi connectivity index (χ1) is 10.4. The van der Waals surface area contributed by atoms with Crippen LogP contribution in [0, 0.1) is 5.41 Å². The molecular formula is C14H12F3N5. The van der Waals surface area contributed by atoms with Crippen LogP contribution in [0.1, 0.15) is 5.56 Å². The Kier molecular flexibility index (Phi) is 4.40. The maximum Gasteiger partial charge on any atom is 0.431 e. The summed E-state index contributed by atoms with van der Waals surface area (Å²) in [6.45, 7) is 0. The minimum absolute atomic E-state index is 0.122. The number of alkyl halides is 3. The molecule has 0 saturated carbocycles. The number of hydrogen-bond donors (Lipinski definition) is 3. The highest BCUT2D eigenvalue weighted by Gasteiger charge is 2.34. The fourth-order valence-corrected chi connectivity index (χ4v) is 1.57. The van der Waals surface area contributed by atoms with Gasteiger partial charge in [0.1, 0.15) is 11.5 Å². The molecule has 4 N–H and O–H groups in total. The monoisotopic (exact) mass is 307 g/mol. The van der Waals surface area contributed by atoms with Crippen molar-refractivity contribution in [3.05, 3.63) is 60.2 Å². The van der Waals surface area contributed by atoms with Crippen LogP contribution < -0.4 is 11.1 Å². The number of pyridine rings is 2. The van der Waals surface area contributed by atoms with E-state index in [1.807, 2.05) is 0 Å². The molecule has 0 radical (unpaired) electrons. The van der Waals surface area contributed by atoms with Crippen molar-refractivity contribution in [2.75, 3.05) is 11.1 Å². The summed E-state index contributed by atoms with van der Waals surface area (Å²) in [7, 11) is 0. The summed E-state index contributed by atoms with van der Waals surface area (Å²) >= 11 is 0. The highest BCUT2D eigenvalue weighted by molar-refractivity contribution is 6.06. The minimum Gasteiger partial charge on any atom is -0.384 e. The first kappa shape index (κ1) is 15.5. The Morgan fingerprint density at radius 2 is 2.00 bits per heavy atom. The number of nitrogens with two attached hydrogens (primary N) is 1. The van der Waals surface area contributed by atoms with E-state index in [9.17, 15) is 13.2 Å².